The van der Waals surface area contributed by atoms with E-state index in [1.807, 2.05) is 18.2 Å². The van der Waals surface area contributed by atoms with Crippen LogP contribution in [0.5, 0.6) is 0 Å². The zero-order valence-corrected chi connectivity index (χ0v) is 20.3. The molecule has 2 aliphatic rings. The number of Topliss-reactive ketones (excluding diaryl/α,β-unsaturated/α-hetero) is 1. The van der Waals surface area contributed by atoms with Crippen LogP contribution in [0.3, 0.4) is 0 Å². The molecule has 1 aromatic heterocycles. The average Bonchev–Trinajstić information content (AvgIpc) is 3.35. The zero-order chi connectivity index (χ0) is 26.0. The van der Waals surface area contributed by atoms with Gasteiger partial charge in [0, 0.05) is 11.9 Å². The van der Waals surface area contributed by atoms with Crippen LogP contribution in [-0.2, 0) is 9.59 Å². The van der Waals surface area contributed by atoms with Crippen LogP contribution in [0.25, 0.3) is 11.0 Å². The Morgan fingerprint density at radius 3 is 2.59 bits per heavy atom. The van der Waals surface area contributed by atoms with Gasteiger partial charge >= 0.3 is 0 Å². The fourth-order valence-corrected chi connectivity index (χ4v) is 5.33. The Morgan fingerprint density at radius 2 is 1.86 bits per heavy atom. The van der Waals surface area contributed by atoms with Crippen molar-refractivity contribution in [3.05, 3.63) is 65.7 Å². The molecule has 2 aromatic carbocycles. The lowest BCUT2D eigenvalue weighted by Crippen LogP contribution is -2.63. The molecule has 2 amide bonds. The lowest BCUT2D eigenvalue weighted by Gasteiger charge is -2.39. The van der Waals surface area contributed by atoms with E-state index < -0.39 is 23.3 Å². The molecule has 1 aliphatic carbocycles. The summed E-state index contributed by atoms with van der Waals surface area (Å²) >= 11 is 0. The predicted octanol–water partition coefficient (Wildman–Crippen LogP) is 3.78. The Morgan fingerprint density at radius 1 is 1.08 bits per heavy atom. The largest absolute Gasteiger partial charge is 0.451 e. The molecule has 192 valence electrons. The summed E-state index contributed by atoms with van der Waals surface area (Å²) in [5.41, 5.74) is -0.288. The third kappa shape index (κ3) is 4.85. The Kier molecular flexibility index (Phi) is 6.78. The average molecular weight is 506 g/mol. The van der Waals surface area contributed by atoms with Gasteiger partial charge in [-0.3, -0.25) is 19.2 Å². The standard InChI is InChI=1S/C28H28FN3O5/c29-20-8-6-9-22(19(20)17-33)32-14-11-21(23(34)16-32)30-27(36)28(12-4-1-5-13-28)31-26(35)25-15-18-7-2-3-10-24(18)37-25/h2-3,6-10,15,17,21H,1,4-5,11-14,16H2,(H,30,36)(H,31,35). The van der Waals surface area contributed by atoms with Crippen molar-refractivity contribution in [2.75, 3.05) is 18.0 Å². The van der Waals surface area contributed by atoms with Gasteiger partial charge < -0.3 is 20.0 Å². The number of halogens is 1. The number of piperidine rings is 1. The van der Waals surface area contributed by atoms with Crippen LogP contribution in [0.4, 0.5) is 10.1 Å². The van der Waals surface area contributed by atoms with Crippen LogP contribution in [-0.4, -0.2) is 48.6 Å². The zero-order valence-electron chi connectivity index (χ0n) is 20.3. The Bertz CT molecular complexity index is 1330. The van der Waals surface area contributed by atoms with Gasteiger partial charge in [-0.2, -0.15) is 0 Å². The molecule has 1 saturated carbocycles. The first-order valence-electron chi connectivity index (χ1n) is 12.5. The van der Waals surface area contributed by atoms with Gasteiger partial charge in [-0.25, -0.2) is 4.39 Å². The van der Waals surface area contributed by atoms with Crippen molar-refractivity contribution < 1.29 is 28.0 Å². The normalized spacial score (nSPS) is 19.4. The number of nitrogens with one attached hydrogen (secondary N) is 2. The van der Waals surface area contributed by atoms with Crippen molar-refractivity contribution in [1.82, 2.24) is 10.6 Å². The fourth-order valence-electron chi connectivity index (χ4n) is 5.33. The van der Waals surface area contributed by atoms with Gasteiger partial charge in [-0.05, 0) is 43.5 Å². The fraction of sp³-hybridized carbons (Fsp3) is 0.357. The highest BCUT2D eigenvalue weighted by atomic mass is 19.1. The van der Waals surface area contributed by atoms with Crippen molar-refractivity contribution in [2.24, 2.45) is 0 Å². The highest BCUT2D eigenvalue weighted by Gasteiger charge is 2.43. The van der Waals surface area contributed by atoms with Crippen LogP contribution in [0.2, 0.25) is 0 Å². The Hall–Kier alpha value is -4.01. The molecule has 0 radical (unpaired) electrons. The monoisotopic (exact) mass is 505 g/mol. The second kappa shape index (κ2) is 10.2. The number of fused-ring (bicyclic) bond motifs is 1. The lowest BCUT2D eigenvalue weighted by molar-refractivity contribution is -0.133. The number of nitrogens with zero attached hydrogens (tertiary/aromatic N) is 1. The molecule has 37 heavy (non-hydrogen) atoms. The van der Waals surface area contributed by atoms with Crippen LogP contribution in [0.1, 0.15) is 59.4 Å². The van der Waals surface area contributed by atoms with Crippen molar-refractivity contribution in [1.29, 1.82) is 0 Å². The summed E-state index contributed by atoms with van der Waals surface area (Å²) in [6, 6.07) is 12.5. The smallest absolute Gasteiger partial charge is 0.287 e. The minimum atomic E-state index is -1.14. The summed E-state index contributed by atoms with van der Waals surface area (Å²) < 4.78 is 19.7. The van der Waals surface area contributed by atoms with Crippen molar-refractivity contribution in [2.45, 2.75) is 50.1 Å². The topological polar surface area (TPSA) is 109 Å². The van der Waals surface area contributed by atoms with E-state index in [9.17, 15) is 23.6 Å². The number of hydrogen-bond acceptors (Lipinski definition) is 6. The first-order valence-corrected chi connectivity index (χ1v) is 12.5. The second-order valence-electron chi connectivity index (χ2n) is 9.74. The number of carbonyl (C=O) groups excluding carboxylic acids is 4. The van der Waals surface area contributed by atoms with E-state index >= 15 is 0 Å². The number of amides is 2. The van der Waals surface area contributed by atoms with Crippen LogP contribution < -0.4 is 15.5 Å². The summed E-state index contributed by atoms with van der Waals surface area (Å²) in [7, 11) is 0. The molecule has 1 atom stereocenters. The minimum Gasteiger partial charge on any atom is -0.451 e. The first-order chi connectivity index (χ1) is 17.9. The number of ketones is 1. The van der Waals surface area contributed by atoms with Crippen LogP contribution in [0.15, 0.2) is 52.9 Å². The summed E-state index contributed by atoms with van der Waals surface area (Å²) in [4.78, 5) is 52.7. The maximum atomic E-state index is 14.0. The van der Waals surface area contributed by atoms with Gasteiger partial charge in [0.05, 0.1) is 23.8 Å². The number of para-hydroxylation sites is 1. The number of anilines is 1. The summed E-state index contributed by atoms with van der Waals surface area (Å²) in [5.74, 6) is -1.61. The molecular weight excluding hydrogens is 477 g/mol. The molecule has 2 N–H and O–H groups in total. The maximum absolute atomic E-state index is 14.0. The first kappa shape index (κ1) is 24.7. The molecule has 5 rings (SSSR count). The highest BCUT2D eigenvalue weighted by Crippen LogP contribution is 2.31. The SMILES string of the molecule is O=Cc1c(F)cccc1N1CCC(NC(=O)C2(NC(=O)c3cc4ccccc4o3)CCCCC2)C(=O)C1. The summed E-state index contributed by atoms with van der Waals surface area (Å²) in [6.07, 6.45) is 4.17. The third-order valence-electron chi connectivity index (χ3n) is 7.36. The highest BCUT2D eigenvalue weighted by molar-refractivity contribution is 6.01. The Balaban J connectivity index is 1.29. The number of aldehydes is 1. The molecule has 2 fully saturated rings. The van der Waals surface area contributed by atoms with Gasteiger partial charge in [0.25, 0.3) is 5.91 Å². The number of hydrogen-bond donors (Lipinski definition) is 2. The quantitative estimate of drug-likeness (QED) is 0.494. The molecule has 3 aromatic rings. The van der Waals surface area contributed by atoms with E-state index in [0.29, 0.717) is 43.4 Å². The molecule has 2 heterocycles. The summed E-state index contributed by atoms with van der Waals surface area (Å²) in [5, 5.41) is 6.59. The molecule has 1 aliphatic heterocycles. The minimum absolute atomic E-state index is 0.0619. The van der Waals surface area contributed by atoms with Gasteiger partial charge in [-0.1, -0.05) is 43.5 Å². The van der Waals surface area contributed by atoms with E-state index in [1.165, 1.54) is 12.1 Å². The van der Waals surface area contributed by atoms with E-state index in [2.05, 4.69) is 10.6 Å². The van der Waals surface area contributed by atoms with Gasteiger partial charge in [0.2, 0.25) is 5.91 Å². The molecule has 8 nitrogen and oxygen atoms in total. The summed E-state index contributed by atoms with van der Waals surface area (Å²) in [6.45, 7) is 0.299. The van der Waals surface area contributed by atoms with Crippen LogP contribution >= 0.6 is 0 Å². The molecular formula is C28H28FN3O5. The predicted molar refractivity (Wildman–Crippen MR) is 135 cm³/mol. The Labute approximate surface area is 213 Å². The van der Waals surface area contributed by atoms with Crippen molar-refractivity contribution >= 4 is 40.5 Å². The lowest BCUT2D eigenvalue weighted by atomic mass is 9.80. The van der Waals surface area contributed by atoms with E-state index in [0.717, 1.165) is 24.6 Å². The second-order valence-corrected chi connectivity index (χ2v) is 9.74. The van der Waals surface area contributed by atoms with Crippen molar-refractivity contribution in [3.63, 3.8) is 0 Å². The van der Waals surface area contributed by atoms with Gasteiger partial charge in [0.1, 0.15) is 16.9 Å². The number of benzene rings is 2. The van der Waals surface area contributed by atoms with E-state index in [4.69, 9.17) is 4.42 Å². The molecule has 0 spiro atoms. The van der Waals surface area contributed by atoms with E-state index in [-0.39, 0.29) is 29.6 Å². The number of furan rings is 1. The molecule has 9 heteroatoms. The molecule has 1 saturated heterocycles. The third-order valence-corrected chi connectivity index (χ3v) is 7.36. The van der Waals surface area contributed by atoms with E-state index in [1.54, 1.807) is 23.1 Å². The molecule has 0 bridgehead atoms. The van der Waals surface area contributed by atoms with Crippen molar-refractivity contribution in [3.8, 4) is 0 Å². The molecule has 1 unspecified atom stereocenters. The number of carbonyl (C=O) groups is 4. The number of rotatable bonds is 6. The van der Waals surface area contributed by atoms with Gasteiger partial charge in [-0.15, -0.1) is 0 Å². The van der Waals surface area contributed by atoms with Gasteiger partial charge in [0.15, 0.2) is 17.8 Å². The maximum Gasteiger partial charge on any atom is 0.287 e. The van der Waals surface area contributed by atoms with Crippen LogP contribution in [0, 0.1) is 5.82 Å².